The van der Waals surface area contributed by atoms with E-state index in [0.29, 0.717) is 18.4 Å². The van der Waals surface area contributed by atoms with E-state index < -0.39 is 5.97 Å². The van der Waals surface area contributed by atoms with Crippen LogP contribution in [-0.2, 0) is 4.79 Å². The molecule has 1 saturated carbocycles. The Morgan fingerprint density at radius 1 is 0.920 bits per heavy atom. The van der Waals surface area contributed by atoms with Gasteiger partial charge in [-0.25, -0.2) is 0 Å². The van der Waals surface area contributed by atoms with Crippen LogP contribution in [0.4, 0.5) is 0 Å². The Kier molecular flexibility index (Phi) is 14.1. The first kappa shape index (κ1) is 22.5. The van der Waals surface area contributed by atoms with E-state index in [9.17, 15) is 4.79 Å². The predicted molar refractivity (Wildman–Crippen MR) is 107 cm³/mol. The Morgan fingerprint density at radius 2 is 1.48 bits per heavy atom. The number of hydrogen-bond acceptors (Lipinski definition) is 2. The molecule has 0 aromatic rings. The Bertz CT molecular complexity index is 313. The molecule has 3 nitrogen and oxygen atoms in total. The fraction of sp³-hybridized carbons (Fsp3) is 0.955. The molecule has 25 heavy (non-hydrogen) atoms. The highest BCUT2D eigenvalue weighted by atomic mass is 16.4. The van der Waals surface area contributed by atoms with Gasteiger partial charge in [0.15, 0.2) is 0 Å². The minimum atomic E-state index is -0.627. The molecule has 0 radical (unpaired) electrons. The van der Waals surface area contributed by atoms with Crippen LogP contribution in [0.2, 0.25) is 0 Å². The van der Waals surface area contributed by atoms with Gasteiger partial charge in [0, 0.05) is 12.5 Å². The largest absolute Gasteiger partial charge is 0.481 e. The number of rotatable bonds is 17. The van der Waals surface area contributed by atoms with Crippen LogP contribution in [0.15, 0.2) is 0 Å². The van der Waals surface area contributed by atoms with Crippen molar-refractivity contribution in [2.75, 3.05) is 6.54 Å². The summed E-state index contributed by atoms with van der Waals surface area (Å²) in [7, 11) is 0. The molecular formula is C22H43NO2. The molecule has 1 aliphatic carbocycles. The van der Waals surface area contributed by atoms with E-state index >= 15 is 0 Å². The average molecular weight is 354 g/mol. The highest BCUT2D eigenvalue weighted by Gasteiger charge is 2.16. The summed E-state index contributed by atoms with van der Waals surface area (Å²) in [5.74, 6) is -0.265. The summed E-state index contributed by atoms with van der Waals surface area (Å²) >= 11 is 0. The number of carbonyl (C=O) groups is 1. The Hall–Kier alpha value is -0.570. The van der Waals surface area contributed by atoms with Crippen molar-refractivity contribution in [1.82, 2.24) is 5.32 Å². The van der Waals surface area contributed by atoms with Gasteiger partial charge < -0.3 is 10.4 Å². The molecule has 0 aliphatic heterocycles. The maximum Gasteiger partial charge on any atom is 0.303 e. The molecule has 0 saturated heterocycles. The summed E-state index contributed by atoms with van der Waals surface area (Å²) in [5, 5.41) is 12.8. The van der Waals surface area contributed by atoms with Crippen molar-refractivity contribution in [3.8, 4) is 0 Å². The van der Waals surface area contributed by atoms with Crippen LogP contribution in [0, 0.1) is 5.92 Å². The minimum absolute atomic E-state index is 0.351. The van der Waals surface area contributed by atoms with Crippen LogP contribution in [0.5, 0.6) is 0 Å². The first-order valence-corrected chi connectivity index (χ1v) is 11.2. The summed E-state index contributed by atoms with van der Waals surface area (Å²) in [4.78, 5) is 11.1. The first-order chi connectivity index (χ1) is 12.2. The van der Waals surface area contributed by atoms with Crippen molar-refractivity contribution in [3.05, 3.63) is 0 Å². The summed E-state index contributed by atoms with van der Waals surface area (Å²) in [6.45, 7) is 3.27. The van der Waals surface area contributed by atoms with E-state index in [1.165, 1.54) is 89.9 Å². The molecule has 0 heterocycles. The third-order valence-electron chi connectivity index (χ3n) is 5.77. The Balaban J connectivity index is 1.99. The number of unbranched alkanes of at least 4 members (excludes halogenated alkanes) is 9. The molecule has 0 amide bonds. The summed E-state index contributed by atoms with van der Waals surface area (Å²) < 4.78 is 0. The SMILES string of the molecule is CCCCCCCCCCCCC(CCNC1CCCC1)CC(=O)O. The molecule has 3 heteroatoms. The van der Waals surface area contributed by atoms with E-state index in [4.69, 9.17) is 5.11 Å². The lowest BCUT2D eigenvalue weighted by atomic mass is 9.94. The van der Waals surface area contributed by atoms with Crippen LogP contribution in [-0.4, -0.2) is 23.7 Å². The zero-order valence-electron chi connectivity index (χ0n) is 16.7. The van der Waals surface area contributed by atoms with Crippen molar-refractivity contribution < 1.29 is 9.90 Å². The molecule has 0 aromatic carbocycles. The second-order valence-electron chi connectivity index (χ2n) is 8.16. The first-order valence-electron chi connectivity index (χ1n) is 11.2. The molecule has 148 valence electrons. The minimum Gasteiger partial charge on any atom is -0.481 e. The van der Waals surface area contributed by atoms with E-state index in [0.717, 1.165) is 19.4 Å². The van der Waals surface area contributed by atoms with E-state index in [-0.39, 0.29) is 0 Å². The zero-order chi connectivity index (χ0) is 18.2. The molecule has 0 spiro atoms. The quantitative estimate of drug-likeness (QED) is 0.301. The number of hydrogen-bond donors (Lipinski definition) is 2. The van der Waals surface area contributed by atoms with Crippen molar-refractivity contribution in [3.63, 3.8) is 0 Å². The molecular weight excluding hydrogens is 310 g/mol. The van der Waals surface area contributed by atoms with E-state index in [1.54, 1.807) is 0 Å². The van der Waals surface area contributed by atoms with Gasteiger partial charge in [-0.15, -0.1) is 0 Å². The lowest BCUT2D eigenvalue weighted by Gasteiger charge is -2.17. The van der Waals surface area contributed by atoms with Gasteiger partial charge in [0.25, 0.3) is 0 Å². The topological polar surface area (TPSA) is 49.3 Å². The van der Waals surface area contributed by atoms with Gasteiger partial charge in [0.1, 0.15) is 0 Å². The second kappa shape index (κ2) is 15.7. The van der Waals surface area contributed by atoms with Crippen LogP contribution in [0.25, 0.3) is 0 Å². The normalized spacial score (nSPS) is 16.4. The monoisotopic (exact) mass is 353 g/mol. The van der Waals surface area contributed by atoms with Gasteiger partial charge in [-0.3, -0.25) is 4.79 Å². The number of carboxylic acids is 1. The standard InChI is InChI=1S/C22H43NO2/c1-2-3-4-5-6-7-8-9-10-11-14-20(19-22(24)25)17-18-23-21-15-12-13-16-21/h20-21,23H,2-19H2,1H3,(H,24,25). The third kappa shape index (κ3) is 13.3. The molecule has 1 fully saturated rings. The maximum atomic E-state index is 11.1. The van der Waals surface area contributed by atoms with Crippen molar-refractivity contribution >= 4 is 5.97 Å². The average Bonchev–Trinajstić information content (AvgIpc) is 3.09. The molecule has 0 bridgehead atoms. The summed E-state index contributed by atoms with van der Waals surface area (Å²) in [6, 6.07) is 0.697. The van der Waals surface area contributed by atoms with E-state index in [2.05, 4.69) is 12.2 Å². The number of aliphatic carboxylic acids is 1. The van der Waals surface area contributed by atoms with Gasteiger partial charge in [-0.1, -0.05) is 84.0 Å². The molecule has 1 unspecified atom stereocenters. The number of carboxylic acid groups (broad SMARTS) is 1. The lowest BCUT2D eigenvalue weighted by Crippen LogP contribution is -2.28. The highest BCUT2D eigenvalue weighted by Crippen LogP contribution is 2.21. The Labute approximate surface area is 156 Å². The van der Waals surface area contributed by atoms with Crippen molar-refractivity contribution in [2.45, 2.75) is 122 Å². The third-order valence-corrected chi connectivity index (χ3v) is 5.77. The molecule has 2 N–H and O–H groups in total. The fourth-order valence-electron chi connectivity index (χ4n) is 4.14. The van der Waals surface area contributed by atoms with Crippen molar-refractivity contribution in [2.24, 2.45) is 5.92 Å². The van der Waals surface area contributed by atoms with Crippen LogP contribution in [0.3, 0.4) is 0 Å². The lowest BCUT2D eigenvalue weighted by molar-refractivity contribution is -0.138. The maximum absolute atomic E-state index is 11.1. The fourth-order valence-corrected chi connectivity index (χ4v) is 4.14. The van der Waals surface area contributed by atoms with Crippen molar-refractivity contribution in [1.29, 1.82) is 0 Å². The van der Waals surface area contributed by atoms with Gasteiger partial charge in [-0.2, -0.15) is 0 Å². The van der Waals surface area contributed by atoms with Gasteiger partial charge in [0.05, 0.1) is 0 Å². The molecule has 1 rings (SSSR count). The van der Waals surface area contributed by atoms with Gasteiger partial charge in [-0.05, 0) is 38.1 Å². The van der Waals surface area contributed by atoms with Gasteiger partial charge >= 0.3 is 5.97 Å². The predicted octanol–water partition coefficient (Wildman–Crippen LogP) is 6.31. The Morgan fingerprint density at radius 3 is 2.04 bits per heavy atom. The van der Waals surface area contributed by atoms with Crippen LogP contribution in [0.1, 0.15) is 116 Å². The molecule has 1 atom stereocenters. The van der Waals surface area contributed by atoms with Crippen LogP contribution < -0.4 is 5.32 Å². The summed E-state index contributed by atoms with van der Waals surface area (Å²) in [6.07, 6.45) is 21.3. The zero-order valence-corrected chi connectivity index (χ0v) is 16.7. The smallest absolute Gasteiger partial charge is 0.303 e. The van der Waals surface area contributed by atoms with Gasteiger partial charge in [0.2, 0.25) is 0 Å². The van der Waals surface area contributed by atoms with E-state index in [1.807, 2.05) is 0 Å². The number of nitrogens with one attached hydrogen (secondary N) is 1. The van der Waals surface area contributed by atoms with Crippen LogP contribution >= 0.6 is 0 Å². The highest BCUT2D eigenvalue weighted by molar-refractivity contribution is 5.66. The second-order valence-corrected chi connectivity index (χ2v) is 8.16. The molecule has 0 aromatic heterocycles. The summed E-state index contributed by atoms with van der Waals surface area (Å²) in [5.41, 5.74) is 0. The molecule has 1 aliphatic rings.